The van der Waals surface area contributed by atoms with E-state index in [-0.39, 0.29) is 6.04 Å². The van der Waals surface area contributed by atoms with Crippen LogP contribution in [-0.4, -0.2) is 28.6 Å². The van der Waals surface area contributed by atoms with Crippen LogP contribution in [0.1, 0.15) is 30.6 Å². The zero-order chi connectivity index (χ0) is 15.4. The van der Waals surface area contributed by atoms with E-state index in [1.165, 1.54) is 0 Å². The fourth-order valence-electron chi connectivity index (χ4n) is 2.21. The van der Waals surface area contributed by atoms with Crippen molar-refractivity contribution in [2.45, 2.75) is 19.4 Å². The number of aryl methyl sites for hydroxylation is 1. The Morgan fingerprint density at radius 2 is 2.14 bits per heavy atom. The maximum atomic E-state index is 5.53. The molecule has 0 amide bonds. The number of hydrogen-bond donors (Lipinski definition) is 1. The van der Waals surface area contributed by atoms with Gasteiger partial charge >= 0.3 is 0 Å². The lowest BCUT2D eigenvalue weighted by Crippen LogP contribution is -2.26. The highest BCUT2D eigenvalue weighted by atomic mass is 79.9. The molecule has 1 atom stereocenters. The number of rotatable bonds is 6. The van der Waals surface area contributed by atoms with Crippen LogP contribution in [0.5, 0.6) is 5.75 Å². The molecule has 1 unspecified atom stereocenters. The highest BCUT2D eigenvalue weighted by Crippen LogP contribution is 2.34. The molecule has 7 heteroatoms. The zero-order valence-electron chi connectivity index (χ0n) is 12.2. The number of methoxy groups -OCH3 is 1. The van der Waals surface area contributed by atoms with Gasteiger partial charge in [-0.15, -0.1) is 5.10 Å². The molecule has 0 radical (unpaired) electrons. The molecule has 2 rings (SSSR count). The normalized spacial score (nSPS) is 12.4. The minimum absolute atomic E-state index is 0.0395. The van der Waals surface area contributed by atoms with Crippen LogP contribution in [0.2, 0.25) is 0 Å². The SMILES string of the molecule is CCCNC(c1ccc(Br)cc1OC)c1c(Br)nnn1C. The quantitative estimate of drug-likeness (QED) is 0.782. The summed E-state index contributed by atoms with van der Waals surface area (Å²) >= 11 is 6.96. The number of hydrogen-bond acceptors (Lipinski definition) is 4. The molecule has 0 saturated carbocycles. The van der Waals surface area contributed by atoms with E-state index in [0.29, 0.717) is 0 Å². The van der Waals surface area contributed by atoms with Crippen LogP contribution in [0.4, 0.5) is 0 Å². The highest BCUT2D eigenvalue weighted by Gasteiger charge is 2.24. The van der Waals surface area contributed by atoms with Gasteiger partial charge in [-0.05, 0) is 41.0 Å². The predicted octanol–water partition coefficient (Wildman–Crippen LogP) is 3.44. The van der Waals surface area contributed by atoms with Crippen molar-refractivity contribution in [2.75, 3.05) is 13.7 Å². The summed E-state index contributed by atoms with van der Waals surface area (Å²) < 4.78 is 9.03. The van der Waals surface area contributed by atoms with Gasteiger partial charge in [-0.2, -0.15) is 0 Å². The Morgan fingerprint density at radius 3 is 2.71 bits per heavy atom. The molecule has 0 bridgehead atoms. The molecule has 2 aromatic rings. The van der Waals surface area contributed by atoms with Crippen molar-refractivity contribution >= 4 is 31.9 Å². The van der Waals surface area contributed by atoms with Gasteiger partial charge in [-0.1, -0.05) is 34.1 Å². The first-order chi connectivity index (χ1) is 10.1. The summed E-state index contributed by atoms with van der Waals surface area (Å²) in [6.07, 6.45) is 1.04. The average molecular weight is 418 g/mol. The van der Waals surface area contributed by atoms with Crippen molar-refractivity contribution in [1.82, 2.24) is 20.3 Å². The number of aromatic nitrogens is 3. The Morgan fingerprint density at radius 1 is 1.38 bits per heavy atom. The molecule has 5 nitrogen and oxygen atoms in total. The summed E-state index contributed by atoms with van der Waals surface area (Å²) in [6.45, 7) is 3.03. The predicted molar refractivity (Wildman–Crippen MR) is 89.5 cm³/mol. The first-order valence-corrected chi connectivity index (χ1v) is 8.29. The maximum absolute atomic E-state index is 5.53. The second-order valence-electron chi connectivity index (χ2n) is 4.66. The minimum Gasteiger partial charge on any atom is -0.496 e. The lowest BCUT2D eigenvalue weighted by Gasteiger charge is -2.21. The summed E-state index contributed by atoms with van der Waals surface area (Å²) in [4.78, 5) is 0. The topological polar surface area (TPSA) is 52.0 Å². The Hall–Kier alpha value is -0.920. The molecule has 1 N–H and O–H groups in total. The molecule has 0 spiro atoms. The lowest BCUT2D eigenvalue weighted by molar-refractivity contribution is 0.401. The van der Waals surface area contributed by atoms with Crippen molar-refractivity contribution in [1.29, 1.82) is 0 Å². The van der Waals surface area contributed by atoms with Gasteiger partial charge in [0, 0.05) is 17.1 Å². The monoisotopic (exact) mass is 416 g/mol. The Balaban J connectivity index is 2.50. The lowest BCUT2D eigenvalue weighted by atomic mass is 10.0. The zero-order valence-corrected chi connectivity index (χ0v) is 15.4. The third-order valence-corrected chi connectivity index (χ3v) is 4.26. The minimum atomic E-state index is -0.0395. The summed E-state index contributed by atoms with van der Waals surface area (Å²) in [6, 6.07) is 5.99. The van der Waals surface area contributed by atoms with E-state index in [9.17, 15) is 0 Å². The van der Waals surface area contributed by atoms with Crippen LogP contribution in [-0.2, 0) is 7.05 Å². The van der Waals surface area contributed by atoms with Crippen LogP contribution in [0, 0.1) is 0 Å². The van der Waals surface area contributed by atoms with Crippen molar-refractivity contribution in [3.63, 3.8) is 0 Å². The molecule has 0 aliphatic rings. The van der Waals surface area contributed by atoms with Gasteiger partial charge in [0.15, 0.2) is 4.60 Å². The number of ether oxygens (including phenoxy) is 1. The fraction of sp³-hybridized carbons (Fsp3) is 0.429. The molecule has 0 fully saturated rings. The van der Waals surface area contributed by atoms with Gasteiger partial charge in [0.25, 0.3) is 0 Å². The van der Waals surface area contributed by atoms with Gasteiger partial charge in [0.05, 0.1) is 18.8 Å². The number of benzene rings is 1. The van der Waals surface area contributed by atoms with Gasteiger partial charge in [0.1, 0.15) is 5.75 Å². The average Bonchev–Trinajstić information content (AvgIpc) is 2.80. The fourth-order valence-corrected chi connectivity index (χ4v) is 3.11. The van der Waals surface area contributed by atoms with Crippen LogP contribution < -0.4 is 10.1 Å². The molecule has 0 saturated heterocycles. The van der Waals surface area contributed by atoms with E-state index in [4.69, 9.17) is 4.74 Å². The van der Waals surface area contributed by atoms with E-state index in [2.05, 4.69) is 60.5 Å². The smallest absolute Gasteiger partial charge is 0.153 e. The van der Waals surface area contributed by atoms with Crippen molar-refractivity contribution < 1.29 is 4.74 Å². The summed E-state index contributed by atoms with van der Waals surface area (Å²) in [5, 5.41) is 11.7. The highest BCUT2D eigenvalue weighted by molar-refractivity contribution is 9.10. The third kappa shape index (κ3) is 3.64. The molecule has 1 heterocycles. The number of nitrogens with zero attached hydrogens (tertiary/aromatic N) is 3. The van der Waals surface area contributed by atoms with Gasteiger partial charge < -0.3 is 10.1 Å². The van der Waals surface area contributed by atoms with Crippen LogP contribution in [0.3, 0.4) is 0 Å². The molecular weight excluding hydrogens is 400 g/mol. The van der Waals surface area contributed by atoms with E-state index >= 15 is 0 Å². The Bertz CT molecular complexity index is 596. The Labute approximate surface area is 141 Å². The van der Waals surface area contributed by atoms with Crippen LogP contribution >= 0.6 is 31.9 Å². The van der Waals surface area contributed by atoms with Crippen LogP contribution in [0.15, 0.2) is 27.3 Å². The van der Waals surface area contributed by atoms with E-state index in [1.54, 1.807) is 11.8 Å². The van der Waals surface area contributed by atoms with Gasteiger partial charge in [-0.25, -0.2) is 4.68 Å². The molecule has 21 heavy (non-hydrogen) atoms. The van der Waals surface area contributed by atoms with Gasteiger partial charge in [0.2, 0.25) is 0 Å². The molecule has 0 aliphatic heterocycles. The standard InChI is InChI=1S/C14H18Br2N4O/c1-4-7-17-12(13-14(16)18-19-20(13)2)10-6-5-9(15)8-11(10)21-3/h5-6,8,12,17H,4,7H2,1-3H3. The van der Waals surface area contributed by atoms with Crippen molar-refractivity contribution in [2.24, 2.45) is 7.05 Å². The van der Waals surface area contributed by atoms with E-state index < -0.39 is 0 Å². The maximum Gasteiger partial charge on any atom is 0.153 e. The van der Waals surface area contributed by atoms with Crippen molar-refractivity contribution in [3.05, 3.63) is 38.5 Å². The van der Waals surface area contributed by atoms with Gasteiger partial charge in [-0.3, -0.25) is 0 Å². The van der Waals surface area contributed by atoms with Crippen molar-refractivity contribution in [3.8, 4) is 5.75 Å². The van der Waals surface area contributed by atoms with Crippen LogP contribution in [0.25, 0.3) is 0 Å². The molecule has 114 valence electrons. The van der Waals surface area contributed by atoms with E-state index in [0.717, 1.165) is 39.0 Å². The molecule has 1 aromatic heterocycles. The first kappa shape index (κ1) is 16.5. The molecule has 0 aliphatic carbocycles. The largest absolute Gasteiger partial charge is 0.496 e. The number of nitrogens with one attached hydrogen (secondary N) is 1. The van der Waals surface area contributed by atoms with E-state index in [1.807, 2.05) is 19.2 Å². The summed E-state index contributed by atoms with van der Waals surface area (Å²) in [7, 11) is 3.57. The molecule has 1 aromatic carbocycles. The number of halogens is 2. The summed E-state index contributed by atoms with van der Waals surface area (Å²) in [5.74, 6) is 0.825. The third-order valence-electron chi connectivity index (χ3n) is 3.21. The first-order valence-electron chi connectivity index (χ1n) is 6.70. The summed E-state index contributed by atoms with van der Waals surface area (Å²) in [5.41, 5.74) is 2.03. The second-order valence-corrected chi connectivity index (χ2v) is 6.33. The second kappa shape index (κ2) is 7.38. The Kier molecular flexibility index (Phi) is 5.78. The molecular formula is C14H18Br2N4O.